The zero-order valence-corrected chi connectivity index (χ0v) is 16.0. The number of rotatable bonds is 4. The molecule has 0 atom stereocenters. The Morgan fingerprint density at radius 3 is 2.41 bits per heavy atom. The highest BCUT2D eigenvalue weighted by atomic mass is 16.3. The minimum absolute atomic E-state index is 0.221. The number of benzene rings is 2. The van der Waals surface area contributed by atoms with E-state index in [0.29, 0.717) is 29.7 Å². The van der Waals surface area contributed by atoms with E-state index in [0.717, 1.165) is 24.5 Å². The third-order valence-electron chi connectivity index (χ3n) is 5.21. The van der Waals surface area contributed by atoms with Crippen molar-refractivity contribution < 1.29 is 9.90 Å². The molecule has 2 aromatic carbocycles. The van der Waals surface area contributed by atoms with Crippen molar-refractivity contribution in [2.45, 2.75) is 18.9 Å². The van der Waals surface area contributed by atoms with E-state index in [1.165, 1.54) is 0 Å². The van der Waals surface area contributed by atoms with E-state index in [9.17, 15) is 15.2 Å². The number of carbonyl (C=O) groups excluding carboxylic acids is 1. The summed E-state index contributed by atoms with van der Waals surface area (Å²) < 4.78 is 1.97. The van der Waals surface area contributed by atoms with E-state index in [4.69, 9.17) is 0 Å². The van der Waals surface area contributed by atoms with Crippen LogP contribution in [-0.2, 0) is 0 Å². The summed E-state index contributed by atoms with van der Waals surface area (Å²) in [7, 11) is 0. The van der Waals surface area contributed by atoms with E-state index < -0.39 is 0 Å². The van der Waals surface area contributed by atoms with Gasteiger partial charge in [0.2, 0.25) is 0 Å². The number of nitrogens with one attached hydrogen (secondary N) is 1. The van der Waals surface area contributed by atoms with Crippen molar-refractivity contribution in [1.82, 2.24) is 4.57 Å². The van der Waals surface area contributed by atoms with Crippen LogP contribution in [0.25, 0.3) is 5.69 Å². The average molecular weight is 386 g/mol. The molecule has 1 saturated heterocycles. The lowest BCUT2D eigenvalue weighted by molar-refractivity contribution is 0.102. The lowest BCUT2D eigenvalue weighted by Gasteiger charge is -2.32. The van der Waals surface area contributed by atoms with Crippen molar-refractivity contribution in [3.63, 3.8) is 0 Å². The molecule has 1 fully saturated rings. The monoisotopic (exact) mass is 386 g/mol. The van der Waals surface area contributed by atoms with Gasteiger partial charge in [0, 0.05) is 42.4 Å². The Bertz CT molecular complexity index is 1030. The largest absolute Gasteiger partial charge is 0.393 e. The van der Waals surface area contributed by atoms with Gasteiger partial charge < -0.3 is 19.9 Å². The lowest BCUT2D eigenvalue weighted by atomic mass is 10.0. The Balaban J connectivity index is 1.47. The van der Waals surface area contributed by atoms with Crippen LogP contribution in [0.4, 0.5) is 11.4 Å². The van der Waals surface area contributed by atoms with Crippen LogP contribution in [0.2, 0.25) is 0 Å². The van der Waals surface area contributed by atoms with Crippen molar-refractivity contribution in [1.29, 1.82) is 5.26 Å². The Morgan fingerprint density at radius 2 is 1.76 bits per heavy atom. The van der Waals surface area contributed by atoms with Crippen molar-refractivity contribution in [2.24, 2.45) is 0 Å². The number of nitrogens with zero attached hydrogens (tertiary/aromatic N) is 3. The summed E-state index contributed by atoms with van der Waals surface area (Å²) in [6.07, 6.45) is 5.02. The SMILES string of the molecule is N#Cc1cc(NC(=O)c2ccc(-n3cccc3)cc2)ccc1N1CCC(O)CC1. The summed E-state index contributed by atoms with van der Waals surface area (Å²) in [5.74, 6) is -0.221. The normalized spacial score (nSPS) is 14.4. The smallest absolute Gasteiger partial charge is 0.255 e. The van der Waals surface area contributed by atoms with Crippen LogP contribution in [0.1, 0.15) is 28.8 Å². The van der Waals surface area contributed by atoms with Crippen LogP contribution < -0.4 is 10.2 Å². The Labute approximate surface area is 169 Å². The number of carbonyl (C=O) groups is 1. The van der Waals surface area contributed by atoms with Crippen LogP contribution in [0.5, 0.6) is 0 Å². The first-order valence-corrected chi connectivity index (χ1v) is 9.66. The molecule has 6 heteroatoms. The maximum atomic E-state index is 12.6. The average Bonchev–Trinajstić information content (AvgIpc) is 3.29. The fraction of sp³-hybridized carbons (Fsp3) is 0.217. The summed E-state index contributed by atoms with van der Waals surface area (Å²) in [6, 6.07) is 18.8. The van der Waals surface area contributed by atoms with E-state index >= 15 is 0 Å². The summed E-state index contributed by atoms with van der Waals surface area (Å²) in [6.45, 7) is 1.44. The molecule has 2 N–H and O–H groups in total. The second-order valence-electron chi connectivity index (χ2n) is 7.15. The fourth-order valence-electron chi connectivity index (χ4n) is 3.58. The predicted octanol–water partition coefficient (Wildman–Crippen LogP) is 3.56. The molecule has 29 heavy (non-hydrogen) atoms. The number of aromatic nitrogens is 1. The highest BCUT2D eigenvalue weighted by Crippen LogP contribution is 2.27. The molecular weight excluding hydrogens is 364 g/mol. The minimum Gasteiger partial charge on any atom is -0.393 e. The molecule has 0 bridgehead atoms. The van der Waals surface area contributed by atoms with Crippen LogP contribution in [0, 0.1) is 11.3 Å². The molecule has 0 aliphatic carbocycles. The highest BCUT2D eigenvalue weighted by molar-refractivity contribution is 6.04. The quantitative estimate of drug-likeness (QED) is 0.718. The topological polar surface area (TPSA) is 81.3 Å². The number of hydrogen-bond donors (Lipinski definition) is 2. The molecule has 2 heterocycles. The third kappa shape index (κ3) is 4.15. The van der Waals surface area contributed by atoms with Crippen LogP contribution in [0.3, 0.4) is 0 Å². The van der Waals surface area contributed by atoms with E-state index in [1.807, 2.05) is 53.4 Å². The maximum Gasteiger partial charge on any atom is 0.255 e. The van der Waals surface area contributed by atoms with E-state index in [2.05, 4.69) is 16.3 Å². The predicted molar refractivity (Wildman–Crippen MR) is 112 cm³/mol. The standard InChI is InChI=1S/C23H22N4O2/c24-16-18-15-19(5-8-22(18)27-13-9-21(28)10-14-27)25-23(29)17-3-6-20(7-4-17)26-11-1-2-12-26/h1-8,11-12,15,21,28H,9-10,13-14H2,(H,25,29). The van der Waals surface area contributed by atoms with Crippen molar-refractivity contribution >= 4 is 17.3 Å². The van der Waals surface area contributed by atoms with Gasteiger partial charge in [0.1, 0.15) is 6.07 Å². The Kier molecular flexibility index (Phi) is 5.32. The van der Waals surface area contributed by atoms with Crippen molar-refractivity contribution in [3.05, 3.63) is 78.1 Å². The second kappa shape index (κ2) is 8.21. The molecule has 0 radical (unpaired) electrons. The van der Waals surface area contributed by atoms with Gasteiger partial charge in [0.15, 0.2) is 0 Å². The fourth-order valence-corrected chi connectivity index (χ4v) is 3.58. The summed E-state index contributed by atoms with van der Waals surface area (Å²) in [5.41, 5.74) is 3.47. The number of aliphatic hydroxyl groups is 1. The molecule has 1 amide bonds. The van der Waals surface area contributed by atoms with Crippen LogP contribution >= 0.6 is 0 Å². The molecule has 0 saturated carbocycles. The van der Waals surface area contributed by atoms with Gasteiger partial charge in [0.25, 0.3) is 5.91 Å². The number of anilines is 2. The second-order valence-corrected chi connectivity index (χ2v) is 7.15. The molecule has 3 aromatic rings. The molecule has 0 spiro atoms. The molecular formula is C23H22N4O2. The van der Waals surface area contributed by atoms with Crippen LogP contribution in [0.15, 0.2) is 67.0 Å². The molecule has 6 nitrogen and oxygen atoms in total. The highest BCUT2D eigenvalue weighted by Gasteiger charge is 2.20. The van der Waals surface area contributed by atoms with Gasteiger partial charge in [-0.3, -0.25) is 4.79 Å². The van der Waals surface area contributed by atoms with Crippen molar-refractivity contribution in [3.8, 4) is 11.8 Å². The number of nitriles is 1. The number of amides is 1. The van der Waals surface area contributed by atoms with Crippen LogP contribution in [-0.4, -0.2) is 34.8 Å². The number of piperidine rings is 1. The third-order valence-corrected chi connectivity index (χ3v) is 5.21. The van der Waals surface area contributed by atoms with Gasteiger partial charge in [-0.2, -0.15) is 5.26 Å². The zero-order valence-electron chi connectivity index (χ0n) is 16.0. The molecule has 1 aliphatic heterocycles. The molecule has 4 rings (SSSR count). The summed E-state index contributed by atoms with van der Waals surface area (Å²) >= 11 is 0. The van der Waals surface area contributed by atoms with Gasteiger partial charge >= 0.3 is 0 Å². The first-order chi connectivity index (χ1) is 14.1. The van der Waals surface area contributed by atoms with Crippen molar-refractivity contribution in [2.75, 3.05) is 23.3 Å². The molecule has 1 aromatic heterocycles. The molecule has 146 valence electrons. The van der Waals surface area contributed by atoms with Gasteiger partial charge in [0.05, 0.1) is 17.4 Å². The van der Waals surface area contributed by atoms with Gasteiger partial charge in [-0.15, -0.1) is 0 Å². The number of aliphatic hydroxyl groups excluding tert-OH is 1. The minimum atomic E-state index is -0.265. The summed E-state index contributed by atoms with van der Waals surface area (Å²) in [4.78, 5) is 14.7. The molecule has 0 unspecified atom stereocenters. The lowest BCUT2D eigenvalue weighted by Crippen LogP contribution is -2.36. The zero-order chi connectivity index (χ0) is 20.2. The maximum absolute atomic E-state index is 12.6. The van der Waals surface area contributed by atoms with E-state index in [-0.39, 0.29) is 12.0 Å². The molecule has 1 aliphatic rings. The first kappa shape index (κ1) is 18.8. The van der Waals surface area contributed by atoms with Gasteiger partial charge in [-0.1, -0.05) is 0 Å². The van der Waals surface area contributed by atoms with E-state index in [1.54, 1.807) is 18.2 Å². The van der Waals surface area contributed by atoms with Gasteiger partial charge in [-0.25, -0.2) is 0 Å². The number of hydrogen-bond acceptors (Lipinski definition) is 4. The Morgan fingerprint density at radius 1 is 1.07 bits per heavy atom. The summed E-state index contributed by atoms with van der Waals surface area (Å²) in [5, 5.41) is 22.1. The van der Waals surface area contributed by atoms with Gasteiger partial charge in [-0.05, 0) is 67.4 Å². The first-order valence-electron chi connectivity index (χ1n) is 9.66. The Hall–Kier alpha value is -3.56.